The van der Waals surface area contributed by atoms with E-state index in [0.29, 0.717) is 23.7 Å². The highest BCUT2D eigenvalue weighted by Crippen LogP contribution is 2.11. The first kappa shape index (κ1) is 19.8. The smallest absolute Gasteiger partial charge is 0.407 e. The Kier molecular flexibility index (Phi) is 6.64. The minimum Gasteiger partial charge on any atom is -0.444 e. The van der Waals surface area contributed by atoms with Crippen molar-refractivity contribution in [2.45, 2.75) is 39.5 Å². The van der Waals surface area contributed by atoms with Gasteiger partial charge in [-0.15, -0.1) is 0 Å². The number of nitrogens with one attached hydrogen (secondary N) is 2. The lowest BCUT2D eigenvalue weighted by Gasteiger charge is -2.19. The molecule has 2 N–H and O–H groups in total. The van der Waals surface area contributed by atoms with Crippen molar-refractivity contribution in [1.82, 2.24) is 10.6 Å². The Bertz CT molecular complexity index is 767. The van der Waals surface area contributed by atoms with E-state index in [9.17, 15) is 9.59 Å². The number of rotatable bonds is 5. The maximum absolute atomic E-state index is 12.2. The van der Waals surface area contributed by atoms with Crippen LogP contribution in [0.3, 0.4) is 0 Å². The zero-order chi connectivity index (χ0) is 19.2. The topological polar surface area (TPSA) is 67.4 Å². The van der Waals surface area contributed by atoms with Crippen LogP contribution in [0.5, 0.6) is 0 Å². The second-order valence-corrected chi connectivity index (χ2v) is 7.30. The van der Waals surface area contributed by atoms with Crippen molar-refractivity contribution >= 4 is 23.6 Å². The van der Waals surface area contributed by atoms with Crippen molar-refractivity contribution in [3.8, 4) is 0 Å². The molecule has 0 bridgehead atoms. The number of halogens is 1. The Labute approximate surface area is 158 Å². The largest absolute Gasteiger partial charge is 0.444 e. The summed E-state index contributed by atoms with van der Waals surface area (Å²) in [6.45, 7) is 6.16. The molecule has 2 aromatic rings. The average Bonchev–Trinajstić information content (AvgIpc) is 2.57. The van der Waals surface area contributed by atoms with Crippen molar-refractivity contribution in [3.63, 3.8) is 0 Å². The van der Waals surface area contributed by atoms with Crippen LogP contribution in [0.25, 0.3) is 0 Å². The number of hydrogen-bond donors (Lipinski definition) is 2. The number of benzene rings is 2. The van der Waals surface area contributed by atoms with Crippen molar-refractivity contribution in [1.29, 1.82) is 0 Å². The SMILES string of the molecule is CC(C)(C)OC(=O)NCc1ccc(C(=O)NCc2cccc(Cl)c2)cc1. The number of carbonyl (C=O) groups is 2. The van der Waals surface area contributed by atoms with Crippen molar-refractivity contribution in [3.05, 3.63) is 70.2 Å². The lowest BCUT2D eigenvalue weighted by molar-refractivity contribution is 0.0523. The molecule has 0 atom stereocenters. The van der Waals surface area contributed by atoms with Crippen LogP contribution in [0.2, 0.25) is 5.02 Å². The normalized spacial score (nSPS) is 10.9. The van der Waals surface area contributed by atoms with E-state index < -0.39 is 11.7 Å². The van der Waals surface area contributed by atoms with Gasteiger partial charge in [-0.2, -0.15) is 0 Å². The van der Waals surface area contributed by atoms with Crippen LogP contribution >= 0.6 is 11.6 Å². The van der Waals surface area contributed by atoms with E-state index in [1.54, 1.807) is 30.3 Å². The monoisotopic (exact) mass is 374 g/mol. The summed E-state index contributed by atoms with van der Waals surface area (Å²) in [5.74, 6) is -0.170. The molecular formula is C20H23ClN2O3. The zero-order valence-electron chi connectivity index (χ0n) is 15.1. The highest BCUT2D eigenvalue weighted by Gasteiger charge is 2.15. The quantitative estimate of drug-likeness (QED) is 0.820. The first-order valence-corrected chi connectivity index (χ1v) is 8.69. The molecule has 0 aromatic heterocycles. The Morgan fingerprint density at radius 2 is 1.62 bits per heavy atom. The van der Waals surface area contributed by atoms with Crippen LogP contribution in [0.1, 0.15) is 42.3 Å². The molecule has 26 heavy (non-hydrogen) atoms. The van der Waals surface area contributed by atoms with Crippen LogP contribution in [-0.4, -0.2) is 17.6 Å². The molecule has 2 aromatic carbocycles. The summed E-state index contributed by atoms with van der Waals surface area (Å²) in [7, 11) is 0. The van der Waals surface area contributed by atoms with Crippen molar-refractivity contribution in [2.24, 2.45) is 0 Å². The van der Waals surface area contributed by atoms with Gasteiger partial charge in [0.05, 0.1) is 0 Å². The molecule has 138 valence electrons. The third-order valence-electron chi connectivity index (χ3n) is 3.39. The van der Waals surface area contributed by atoms with Gasteiger partial charge in [0.25, 0.3) is 5.91 Å². The van der Waals surface area contributed by atoms with Crippen LogP contribution in [0.4, 0.5) is 4.79 Å². The Hall–Kier alpha value is -2.53. The first-order valence-electron chi connectivity index (χ1n) is 8.31. The van der Waals surface area contributed by atoms with Gasteiger partial charge in [-0.1, -0.05) is 35.9 Å². The van der Waals surface area contributed by atoms with E-state index in [1.165, 1.54) is 0 Å². The first-order chi connectivity index (χ1) is 12.2. The fourth-order valence-corrected chi connectivity index (χ4v) is 2.41. The zero-order valence-corrected chi connectivity index (χ0v) is 15.9. The van der Waals surface area contributed by atoms with Gasteiger partial charge in [-0.05, 0) is 56.2 Å². The number of ether oxygens (including phenoxy) is 1. The molecule has 0 saturated carbocycles. The average molecular weight is 375 g/mol. The minimum atomic E-state index is -0.533. The summed E-state index contributed by atoms with van der Waals surface area (Å²) < 4.78 is 5.18. The Morgan fingerprint density at radius 3 is 2.23 bits per heavy atom. The summed E-state index contributed by atoms with van der Waals surface area (Å²) >= 11 is 5.93. The number of amides is 2. The predicted octanol–water partition coefficient (Wildman–Crippen LogP) is 4.29. The van der Waals surface area contributed by atoms with Gasteiger partial charge in [0.15, 0.2) is 0 Å². The highest BCUT2D eigenvalue weighted by atomic mass is 35.5. The van der Waals surface area contributed by atoms with Gasteiger partial charge in [0.2, 0.25) is 0 Å². The molecule has 0 aliphatic carbocycles. The Morgan fingerprint density at radius 1 is 0.962 bits per heavy atom. The van der Waals surface area contributed by atoms with Gasteiger partial charge in [0.1, 0.15) is 5.60 Å². The third kappa shape index (κ3) is 6.76. The van der Waals surface area contributed by atoms with Crippen LogP contribution in [-0.2, 0) is 17.8 Å². The standard InChI is InChI=1S/C20H23ClN2O3/c1-20(2,3)26-19(25)23-12-14-7-9-16(10-8-14)18(24)22-13-15-5-4-6-17(21)11-15/h4-11H,12-13H2,1-3H3,(H,22,24)(H,23,25). The molecule has 0 unspecified atom stereocenters. The molecule has 0 aliphatic rings. The van der Waals surface area contributed by atoms with E-state index in [2.05, 4.69) is 10.6 Å². The van der Waals surface area contributed by atoms with Gasteiger partial charge < -0.3 is 15.4 Å². The van der Waals surface area contributed by atoms with Crippen molar-refractivity contribution in [2.75, 3.05) is 0 Å². The molecule has 0 spiro atoms. The third-order valence-corrected chi connectivity index (χ3v) is 3.63. The van der Waals surface area contributed by atoms with Crippen LogP contribution < -0.4 is 10.6 Å². The summed E-state index contributed by atoms with van der Waals surface area (Å²) in [6, 6.07) is 14.4. The molecule has 0 fully saturated rings. The molecule has 2 amide bonds. The van der Waals surface area contributed by atoms with Crippen molar-refractivity contribution < 1.29 is 14.3 Å². The summed E-state index contributed by atoms with van der Waals surface area (Å²) in [4.78, 5) is 23.8. The van der Waals surface area contributed by atoms with E-state index in [1.807, 2.05) is 39.0 Å². The molecule has 0 aliphatic heterocycles. The van der Waals surface area contributed by atoms with E-state index in [0.717, 1.165) is 11.1 Å². The van der Waals surface area contributed by atoms with Crippen LogP contribution in [0.15, 0.2) is 48.5 Å². The molecule has 6 heteroatoms. The lowest BCUT2D eigenvalue weighted by Crippen LogP contribution is -2.32. The molecule has 5 nitrogen and oxygen atoms in total. The highest BCUT2D eigenvalue weighted by molar-refractivity contribution is 6.30. The van der Waals surface area contributed by atoms with Gasteiger partial charge in [-0.25, -0.2) is 4.79 Å². The second kappa shape index (κ2) is 8.72. The Balaban J connectivity index is 1.84. The predicted molar refractivity (Wildman–Crippen MR) is 102 cm³/mol. The van der Waals surface area contributed by atoms with Crippen LogP contribution in [0, 0.1) is 0 Å². The summed E-state index contributed by atoms with van der Waals surface area (Å²) in [5.41, 5.74) is 1.83. The van der Waals surface area contributed by atoms with Gasteiger partial charge in [0, 0.05) is 23.7 Å². The number of alkyl carbamates (subject to hydrolysis) is 1. The lowest BCUT2D eigenvalue weighted by atomic mass is 10.1. The van der Waals surface area contributed by atoms with Gasteiger partial charge >= 0.3 is 6.09 Å². The maximum Gasteiger partial charge on any atom is 0.407 e. The fraction of sp³-hybridized carbons (Fsp3) is 0.300. The fourth-order valence-electron chi connectivity index (χ4n) is 2.19. The number of carbonyl (C=O) groups excluding carboxylic acids is 2. The molecular weight excluding hydrogens is 352 g/mol. The molecule has 0 heterocycles. The van der Waals surface area contributed by atoms with E-state index in [-0.39, 0.29) is 5.91 Å². The summed E-state index contributed by atoms with van der Waals surface area (Å²) in [6.07, 6.45) is -0.471. The number of hydrogen-bond acceptors (Lipinski definition) is 3. The molecule has 2 rings (SSSR count). The van der Waals surface area contributed by atoms with E-state index in [4.69, 9.17) is 16.3 Å². The molecule has 0 radical (unpaired) electrons. The summed E-state index contributed by atoms with van der Waals surface area (Å²) in [5, 5.41) is 6.17. The van der Waals surface area contributed by atoms with E-state index >= 15 is 0 Å². The maximum atomic E-state index is 12.2. The second-order valence-electron chi connectivity index (χ2n) is 6.86. The minimum absolute atomic E-state index is 0.170. The van der Waals surface area contributed by atoms with Gasteiger partial charge in [-0.3, -0.25) is 4.79 Å². The molecule has 0 saturated heterocycles.